The predicted octanol–water partition coefficient (Wildman–Crippen LogP) is 1.68. The molecule has 6 nitrogen and oxygen atoms in total. The number of benzene rings is 1. The van der Waals surface area contributed by atoms with Crippen LogP contribution in [0.2, 0.25) is 0 Å². The third-order valence-electron chi connectivity index (χ3n) is 2.34. The van der Waals surface area contributed by atoms with Gasteiger partial charge in [0.05, 0.1) is 16.2 Å². The van der Waals surface area contributed by atoms with Crippen LogP contribution in [0.3, 0.4) is 0 Å². The molecular weight excluding hydrogens is 236 g/mol. The van der Waals surface area contributed by atoms with E-state index in [2.05, 4.69) is 5.32 Å². The fourth-order valence-corrected chi connectivity index (χ4v) is 1.69. The van der Waals surface area contributed by atoms with Crippen molar-refractivity contribution in [1.29, 1.82) is 0 Å². The number of carboxylic acid groups (broad SMARTS) is 1. The van der Waals surface area contributed by atoms with Crippen molar-refractivity contribution in [2.24, 2.45) is 0 Å². The van der Waals surface area contributed by atoms with Gasteiger partial charge in [0.1, 0.15) is 0 Å². The van der Waals surface area contributed by atoms with Gasteiger partial charge in [-0.2, -0.15) is 0 Å². The molecule has 0 bridgehead atoms. The van der Waals surface area contributed by atoms with Crippen molar-refractivity contribution < 1.29 is 14.8 Å². The maximum absolute atomic E-state index is 10.9. The molecule has 16 heavy (non-hydrogen) atoms. The summed E-state index contributed by atoms with van der Waals surface area (Å²) in [5.74, 6) is -1.15. The lowest BCUT2D eigenvalue weighted by Crippen LogP contribution is -2.03. The van der Waals surface area contributed by atoms with Crippen LogP contribution in [0.5, 0.6) is 0 Å². The van der Waals surface area contributed by atoms with Gasteiger partial charge in [-0.1, -0.05) is 0 Å². The number of nitrogens with one attached hydrogen (secondary N) is 1. The number of carbonyl (C=O) groups is 1. The number of nitrogens with zero attached hydrogens (tertiary/aromatic N) is 1. The van der Waals surface area contributed by atoms with Gasteiger partial charge in [-0.15, -0.1) is 12.4 Å². The largest absolute Gasteiger partial charge is 0.478 e. The predicted molar refractivity (Wildman–Crippen MR) is 59.5 cm³/mol. The van der Waals surface area contributed by atoms with Crippen LogP contribution in [0, 0.1) is 10.1 Å². The third-order valence-corrected chi connectivity index (χ3v) is 2.34. The van der Waals surface area contributed by atoms with E-state index in [9.17, 15) is 14.9 Å². The molecule has 86 valence electrons. The first-order valence-electron chi connectivity index (χ1n) is 4.38. The first-order valence-corrected chi connectivity index (χ1v) is 4.38. The average molecular weight is 245 g/mol. The molecule has 0 aromatic heterocycles. The van der Waals surface area contributed by atoms with E-state index >= 15 is 0 Å². The summed E-state index contributed by atoms with van der Waals surface area (Å²) in [6, 6.07) is 2.50. The quantitative estimate of drug-likeness (QED) is 0.610. The van der Waals surface area contributed by atoms with Crippen molar-refractivity contribution >= 4 is 29.8 Å². The minimum Gasteiger partial charge on any atom is -0.478 e. The average Bonchev–Trinajstić information content (AvgIpc) is 2.62. The molecule has 0 fully saturated rings. The summed E-state index contributed by atoms with van der Waals surface area (Å²) in [6.07, 6.45) is 0.622. The second-order valence-corrected chi connectivity index (χ2v) is 3.27. The number of nitro groups is 1. The first kappa shape index (κ1) is 12.3. The van der Waals surface area contributed by atoms with Crippen LogP contribution < -0.4 is 5.32 Å². The van der Waals surface area contributed by atoms with Crippen LogP contribution in [0.1, 0.15) is 15.9 Å². The fourth-order valence-electron chi connectivity index (χ4n) is 1.69. The van der Waals surface area contributed by atoms with Crippen molar-refractivity contribution in [3.8, 4) is 0 Å². The molecule has 7 heteroatoms. The van der Waals surface area contributed by atoms with Crippen molar-refractivity contribution in [1.82, 2.24) is 0 Å². The number of hydrogen-bond acceptors (Lipinski definition) is 4. The Balaban J connectivity index is 0.00000128. The molecule has 1 heterocycles. The fraction of sp³-hybridized carbons (Fsp3) is 0.222. The van der Waals surface area contributed by atoms with Gasteiger partial charge in [0.15, 0.2) is 0 Å². The minimum atomic E-state index is -1.15. The maximum Gasteiger partial charge on any atom is 0.338 e. The van der Waals surface area contributed by atoms with Crippen molar-refractivity contribution in [2.75, 3.05) is 11.9 Å². The molecule has 2 rings (SSSR count). The Kier molecular flexibility index (Phi) is 3.34. The number of non-ortho nitro benzene ring substituents is 1. The Labute approximate surface area is 96.8 Å². The molecule has 0 unspecified atom stereocenters. The number of rotatable bonds is 2. The molecule has 0 radical (unpaired) electrons. The lowest BCUT2D eigenvalue weighted by molar-refractivity contribution is -0.384. The molecule has 1 aromatic rings. The number of anilines is 1. The standard InChI is InChI=1S/C9H8N2O4.ClH/c12-9(13)7-4-6(11(14)15)3-5-1-2-10-8(5)7;/h3-4,10H,1-2H2,(H,12,13);1H. The van der Waals surface area contributed by atoms with Crippen LogP contribution in [-0.2, 0) is 6.42 Å². The number of aromatic carboxylic acids is 1. The number of fused-ring (bicyclic) bond motifs is 1. The van der Waals surface area contributed by atoms with Crippen LogP contribution in [-0.4, -0.2) is 22.5 Å². The van der Waals surface area contributed by atoms with Gasteiger partial charge >= 0.3 is 5.97 Å². The topological polar surface area (TPSA) is 92.5 Å². The van der Waals surface area contributed by atoms with Gasteiger partial charge in [-0.25, -0.2) is 4.79 Å². The number of carboxylic acids is 1. The second-order valence-electron chi connectivity index (χ2n) is 3.27. The van der Waals surface area contributed by atoms with Gasteiger partial charge in [0, 0.05) is 18.7 Å². The van der Waals surface area contributed by atoms with E-state index in [0.29, 0.717) is 24.2 Å². The van der Waals surface area contributed by atoms with Crippen molar-refractivity contribution in [3.05, 3.63) is 33.4 Å². The Morgan fingerprint density at radius 1 is 1.50 bits per heavy atom. The summed E-state index contributed by atoms with van der Waals surface area (Å²) in [4.78, 5) is 20.9. The molecule has 0 amide bonds. The highest BCUT2D eigenvalue weighted by Crippen LogP contribution is 2.31. The molecule has 1 aliphatic rings. The summed E-state index contributed by atoms with van der Waals surface area (Å²) in [5.41, 5.74) is 1.00. The molecular formula is C9H9ClN2O4. The number of hydrogen-bond donors (Lipinski definition) is 2. The number of halogens is 1. The molecule has 0 saturated heterocycles. The van der Waals surface area contributed by atoms with E-state index in [1.165, 1.54) is 6.07 Å². The normalized spacial score (nSPS) is 12.2. The Morgan fingerprint density at radius 2 is 2.19 bits per heavy atom. The summed E-state index contributed by atoms with van der Waals surface area (Å²) in [5, 5.41) is 22.4. The zero-order chi connectivity index (χ0) is 11.0. The molecule has 1 aliphatic heterocycles. The van der Waals surface area contributed by atoms with Crippen molar-refractivity contribution in [3.63, 3.8) is 0 Å². The van der Waals surface area contributed by atoms with Gasteiger partial charge in [-0.3, -0.25) is 10.1 Å². The van der Waals surface area contributed by atoms with Crippen molar-refractivity contribution in [2.45, 2.75) is 6.42 Å². The smallest absolute Gasteiger partial charge is 0.338 e. The van der Waals surface area contributed by atoms with Gasteiger partial charge in [0.25, 0.3) is 5.69 Å². The molecule has 2 N–H and O–H groups in total. The minimum absolute atomic E-state index is 0. The first-order chi connectivity index (χ1) is 7.09. The van der Waals surface area contributed by atoms with Gasteiger partial charge < -0.3 is 10.4 Å². The summed E-state index contributed by atoms with van der Waals surface area (Å²) < 4.78 is 0. The molecule has 0 spiro atoms. The van der Waals surface area contributed by atoms with Gasteiger partial charge in [-0.05, 0) is 12.0 Å². The summed E-state index contributed by atoms with van der Waals surface area (Å²) >= 11 is 0. The highest BCUT2D eigenvalue weighted by molar-refractivity contribution is 5.96. The molecule has 0 atom stereocenters. The van der Waals surface area contributed by atoms with Crippen LogP contribution >= 0.6 is 12.4 Å². The number of nitro benzene ring substituents is 1. The monoisotopic (exact) mass is 244 g/mol. The molecule has 0 saturated carbocycles. The summed E-state index contributed by atoms with van der Waals surface area (Å²) in [6.45, 7) is 0.622. The zero-order valence-electron chi connectivity index (χ0n) is 8.10. The van der Waals surface area contributed by atoms with E-state index < -0.39 is 10.9 Å². The maximum atomic E-state index is 10.9. The second kappa shape index (κ2) is 4.36. The van der Waals surface area contributed by atoms with E-state index in [4.69, 9.17) is 5.11 Å². The SMILES string of the molecule is Cl.O=C(O)c1cc([N+](=O)[O-])cc2c1NCC2. The van der Waals surface area contributed by atoms with Crippen LogP contribution in [0.25, 0.3) is 0 Å². The Bertz CT molecular complexity index is 461. The highest BCUT2D eigenvalue weighted by atomic mass is 35.5. The van der Waals surface area contributed by atoms with E-state index in [-0.39, 0.29) is 23.7 Å². The van der Waals surface area contributed by atoms with E-state index in [0.717, 1.165) is 6.07 Å². The third kappa shape index (κ3) is 1.92. The van der Waals surface area contributed by atoms with E-state index in [1.807, 2.05) is 0 Å². The van der Waals surface area contributed by atoms with Crippen LogP contribution in [0.4, 0.5) is 11.4 Å². The lowest BCUT2D eigenvalue weighted by atomic mass is 10.1. The molecule has 1 aromatic carbocycles. The van der Waals surface area contributed by atoms with E-state index in [1.54, 1.807) is 0 Å². The zero-order valence-corrected chi connectivity index (χ0v) is 8.91. The van der Waals surface area contributed by atoms with Gasteiger partial charge in [0.2, 0.25) is 0 Å². The Hall–Kier alpha value is -1.82. The highest BCUT2D eigenvalue weighted by Gasteiger charge is 2.23. The Morgan fingerprint density at radius 3 is 2.75 bits per heavy atom. The summed E-state index contributed by atoms with van der Waals surface area (Å²) in [7, 11) is 0. The van der Waals surface area contributed by atoms with Crippen LogP contribution in [0.15, 0.2) is 12.1 Å². The lowest BCUT2D eigenvalue weighted by Gasteiger charge is -2.04. The molecule has 0 aliphatic carbocycles.